The van der Waals surface area contributed by atoms with Crippen molar-refractivity contribution in [1.29, 1.82) is 0 Å². The molecule has 0 aliphatic carbocycles. The van der Waals surface area contributed by atoms with Crippen LogP contribution >= 0.6 is 0 Å². The SMILES string of the molecule is O=C(O)CNC(=O)CC1CNC1. The molecule has 1 rings (SSSR count). The molecule has 68 valence electrons. The molecular formula is C7H12N2O3. The summed E-state index contributed by atoms with van der Waals surface area (Å²) in [5, 5.41) is 13.6. The van der Waals surface area contributed by atoms with Gasteiger partial charge in [0.05, 0.1) is 0 Å². The van der Waals surface area contributed by atoms with Crippen LogP contribution < -0.4 is 10.6 Å². The summed E-state index contributed by atoms with van der Waals surface area (Å²) in [6, 6.07) is 0. The van der Waals surface area contributed by atoms with Crippen molar-refractivity contribution in [2.24, 2.45) is 5.92 Å². The average Bonchev–Trinajstić information content (AvgIpc) is 1.93. The molecule has 1 aliphatic rings. The van der Waals surface area contributed by atoms with Crippen molar-refractivity contribution in [3.05, 3.63) is 0 Å². The fraction of sp³-hybridized carbons (Fsp3) is 0.714. The Kier molecular flexibility index (Phi) is 3.04. The summed E-state index contributed by atoms with van der Waals surface area (Å²) in [6.07, 6.45) is 0.431. The summed E-state index contributed by atoms with van der Waals surface area (Å²) >= 11 is 0. The lowest BCUT2D eigenvalue weighted by Gasteiger charge is -2.26. The summed E-state index contributed by atoms with van der Waals surface area (Å²) in [6.45, 7) is 1.44. The van der Waals surface area contributed by atoms with Crippen molar-refractivity contribution in [3.8, 4) is 0 Å². The van der Waals surface area contributed by atoms with Gasteiger partial charge in [0, 0.05) is 6.42 Å². The minimum Gasteiger partial charge on any atom is -0.480 e. The van der Waals surface area contributed by atoms with Crippen molar-refractivity contribution in [2.45, 2.75) is 6.42 Å². The number of amides is 1. The fourth-order valence-electron chi connectivity index (χ4n) is 1.00. The van der Waals surface area contributed by atoms with E-state index in [2.05, 4.69) is 10.6 Å². The molecule has 0 atom stereocenters. The number of rotatable bonds is 4. The van der Waals surface area contributed by atoms with Crippen LogP contribution in [0.1, 0.15) is 6.42 Å². The number of carbonyl (C=O) groups is 2. The van der Waals surface area contributed by atoms with Crippen LogP contribution in [0.2, 0.25) is 0 Å². The van der Waals surface area contributed by atoms with E-state index in [0.717, 1.165) is 13.1 Å². The molecule has 1 fully saturated rings. The Labute approximate surface area is 70.1 Å². The van der Waals surface area contributed by atoms with Crippen LogP contribution in [0.4, 0.5) is 0 Å². The number of carboxylic acids is 1. The number of hydrogen-bond acceptors (Lipinski definition) is 3. The Hall–Kier alpha value is -1.10. The number of carbonyl (C=O) groups excluding carboxylic acids is 1. The molecule has 1 amide bonds. The maximum Gasteiger partial charge on any atom is 0.322 e. The van der Waals surface area contributed by atoms with E-state index < -0.39 is 5.97 Å². The van der Waals surface area contributed by atoms with Crippen LogP contribution in [0.15, 0.2) is 0 Å². The summed E-state index contributed by atoms with van der Waals surface area (Å²) in [5.41, 5.74) is 0. The normalized spacial score (nSPS) is 16.7. The first-order valence-corrected chi connectivity index (χ1v) is 3.87. The first kappa shape index (κ1) is 8.99. The van der Waals surface area contributed by atoms with Crippen LogP contribution in [0, 0.1) is 5.92 Å². The molecular weight excluding hydrogens is 160 g/mol. The van der Waals surface area contributed by atoms with Crippen LogP contribution in [-0.4, -0.2) is 36.6 Å². The Morgan fingerprint density at radius 1 is 1.50 bits per heavy atom. The van der Waals surface area contributed by atoms with Gasteiger partial charge in [-0.1, -0.05) is 0 Å². The second-order valence-electron chi connectivity index (χ2n) is 2.90. The predicted molar refractivity (Wildman–Crippen MR) is 41.6 cm³/mol. The van der Waals surface area contributed by atoms with Crippen molar-refractivity contribution < 1.29 is 14.7 Å². The van der Waals surface area contributed by atoms with Gasteiger partial charge in [0.1, 0.15) is 6.54 Å². The van der Waals surface area contributed by atoms with Gasteiger partial charge < -0.3 is 15.7 Å². The van der Waals surface area contributed by atoms with Gasteiger partial charge in [-0.05, 0) is 19.0 Å². The predicted octanol–water partition coefficient (Wildman–Crippen LogP) is -1.20. The molecule has 3 N–H and O–H groups in total. The second kappa shape index (κ2) is 4.06. The van der Waals surface area contributed by atoms with Crippen molar-refractivity contribution in [3.63, 3.8) is 0 Å². The van der Waals surface area contributed by atoms with E-state index in [1.165, 1.54) is 0 Å². The van der Waals surface area contributed by atoms with E-state index in [9.17, 15) is 9.59 Å². The zero-order valence-corrected chi connectivity index (χ0v) is 6.67. The maximum absolute atomic E-state index is 10.9. The first-order valence-electron chi connectivity index (χ1n) is 3.87. The molecule has 0 bridgehead atoms. The molecule has 0 spiro atoms. The standard InChI is InChI=1S/C7H12N2O3/c10-6(9-4-7(11)12)1-5-2-8-3-5/h5,8H,1-4H2,(H,9,10)(H,11,12). The lowest BCUT2D eigenvalue weighted by atomic mass is 9.99. The number of nitrogens with one attached hydrogen (secondary N) is 2. The maximum atomic E-state index is 10.9. The molecule has 0 saturated carbocycles. The molecule has 0 radical (unpaired) electrons. The molecule has 12 heavy (non-hydrogen) atoms. The van der Waals surface area contributed by atoms with E-state index in [1.807, 2.05) is 0 Å². The largest absolute Gasteiger partial charge is 0.480 e. The lowest BCUT2D eigenvalue weighted by Crippen LogP contribution is -2.45. The van der Waals surface area contributed by atoms with Gasteiger partial charge in [-0.2, -0.15) is 0 Å². The third kappa shape index (κ3) is 2.87. The highest BCUT2D eigenvalue weighted by Gasteiger charge is 2.19. The van der Waals surface area contributed by atoms with Gasteiger partial charge in [-0.3, -0.25) is 9.59 Å². The van der Waals surface area contributed by atoms with Gasteiger partial charge in [0.15, 0.2) is 0 Å². The van der Waals surface area contributed by atoms with Crippen LogP contribution in [0.5, 0.6) is 0 Å². The van der Waals surface area contributed by atoms with E-state index in [4.69, 9.17) is 5.11 Å². The summed E-state index contributed by atoms with van der Waals surface area (Å²) in [5.74, 6) is -0.794. The molecule has 1 saturated heterocycles. The van der Waals surface area contributed by atoms with Crippen molar-refractivity contribution in [1.82, 2.24) is 10.6 Å². The van der Waals surface area contributed by atoms with E-state index in [-0.39, 0.29) is 12.5 Å². The Balaban J connectivity index is 2.06. The van der Waals surface area contributed by atoms with Gasteiger partial charge in [0.2, 0.25) is 5.91 Å². The minimum absolute atomic E-state index is 0.177. The second-order valence-corrected chi connectivity index (χ2v) is 2.90. The van der Waals surface area contributed by atoms with Gasteiger partial charge in [0.25, 0.3) is 0 Å². The Morgan fingerprint density at radius 3 is 2.58 bits per heavy atom. The molecule has 0 unspecified atom stereocenters. The highest BCUT2D eigenvalue weighted by Crippen LogP contribution is 2.06. The van der Waals surface area contributed by atoms with E-state index in [1.54, 1.807) is 0 Å². The summed E-state index contributed by atoms with van der Waals surface area (Å²) in [4.78, 5) is 21.0. The highest BCUT2D eigenvalue weighted by atomic mass is 16.4. The smallest absolute Gasteiger partial charge is 0.322 e. The van der Waals surface area contributed by atoms with E-state index >= 15 is 0 Å². The third-order valence-electron chi connectivity index (χ3n) is 1.78. The van der Waals surface area contributed by atoms with Gasteiger partial charge in [-0.15, -0.1) is 0 Å². The van der Waals surface area contributed by atoms with Crippen LogP contribution in [-0.2, 0) is 9.59 Å². The van der Waals surface area contributed by atoms with Crippen LogP contribution in [0.3, 0.4) is 0 Å². The highest BCUT2D eigenvalue weighted by molar-refractivity contribution is 5.81. The Bertz CT molecular complexity index is 189. The molecule has 0 aromatic heterocycles. The average molecular weight is 172 g/mol. The summed E-state index contributed by atoms with van der Waals surface area (Å²) < 4.78 is 0. The molecule has 0 aromatic rings. The number of hydrogen-bond donors (Lipinski definition) is 3. The minimum atomic E-state index is -1.00. The van der Waals surface area contributed by atoms with Gasteiger partial charge in [-0.25, -0.2) is 0 Å². The number of aliphatic carboxylic acids is 1. The number of carboxylic acid groups (broad SMARTS) is 1. The molecule has 1 heterocycles. The first-order chi connectivity index (χ1) is 5.68. The monoisotopic (exact) mass is 172 g/mol. The van der Waals surface area contributed by atoms with Crippen molar-refractivity contribution >= 4 is 11.9 Å². The molecule has 1 aliphatic heterocycles. The quantitative estimate of drug-likeness (QED) is 0.497. The Morgan fingerprint density at radius 2 is 2.17 bits per heavy atom. The zero-order valence-electron chi connectivity index (χ0n) is 6.67. The molecule has 5 nitrogen and oxygen atoms in total. The van der Waals surface area contributed by atoms with Crippen LogP contribution in [0.25, 0.3) is 0 Å². The zero-order chi connectivity index (χ0) is 8.97. The topological polar surface area (TPSA) is 78.4 Å². The molecule has 0 aromatic carbocycles. The third-order valence-corrected chi connectivity index (χ3v) is 1.78. The van der Waals surface area contributed by atoms with E-state index in [0.29, 0.717) is 12.3 Å². The summed E-state index contributed by atoms with van der Waals surface area (Å²) in [7, 11) is 0. The molecule has 5 heteroatoms. The van der Waals surface area contributed by atoms with Crippen molar-refractivity contribution in [2.75, 3.05) is 19.6 Å². The van der Waals surface area contributed by atoms with Gasteiger partial charge >= 0.3 is 5.97 Å². The lowest BCUT2D eigenvalue weighted by molar-refractivity contribution is -0.138. The fourth-order valence-corrected chi connectivity index (χ4v) is 1.00.